The molecule has 1 heterocycles. The molecule has 0 aliphatic heterocycles. The molecule has 0 saturated heterocycles. The largest absolute Gasteiger partial charge is 0.366 e. The molecule has 122 valence electrons. The van der Waals surface area contributed by atoms with Crippen molar-refractivity contribution >= 4 is 33.4 Å². The van der Waals surface area contributed by atoms with Gasteiger partial charge in [-0.1, -0.05) is 40.2 Å². The molecule has 0 fully saturated rings. The Morgan fingerprint density at radius 2 is 1.88 bits per heavy atom. The number of anilines is 3. The van der Waals surface area contributed by atoms with Crippen molar-refractivity contribution in [3.8, 4) is 0 Å². The van der Waals surface area contributed by atoms with E-state index in [0.717, 1.165) is 15.9 Å². The summed E-state index contributed by atoms with van der Waals surface area (Å²) in [4.78, 5) is 8.81. The standard InChI is InChI=1S/C18H16BrFN4/c1-12-9-17(21-11-13-5-2-3-8-16(13)20)24-18(22-12)23-15-7-4-6-14(19)10-15/h2-10H,11H2,1H3,(H2,21,22,23,24). The number of hydrogen-bond acceptors (Lipinski definition) is 4. The maximum atomic E-state index is 13.7. The summed E-state index contributed by atoms with van der Waals surface area (Å²) < 4.78 is 14.7. The van der Waals surface area contributed by atoms with Crippen molar-refractivity contribution in [2.45, 2.75) is 13.5 Å². The molecule has 24 heavy (non-hydrogen) atoms. The number of aryl methyl sites for hydroxylation is 1. The van der Waals surface area contributed by atoms with Crippen LogP contribution in [-0.2, 0) is 6.54 Å². The zero-order valence-electron chi connectivity index (χ0n) is 13.1. The van der Waals surface area contributed by atoms with Crippen molar-refractivity contribution in [1.29, 1.82) is 0 Å². The van der Waals surface area contributed by atoms with E-state index in [1.54, 1.807) is 12.1 Å². The summed E-state index contributed by atoms with van der Waals surface area (Å²) in [5, 5.41) is 6.31. The number of rotatable bonds is 5. The van der Waals surface area contributed by atoms with Crippen LogP contribution in [0.5, 0.6) is 0 Å². The van der Waals surface area contributed by atoms with Crippen LogP contribution in [0.3, 0.4) is 0 Å². The summed E-state index contributed by atoms with van der Waals surface area (Å²) in [5.41, 5.74) is 2.30. The molecule has 0 atom stereocenters. The van der Waals surface area contributed by atoms with Gasteiger partial charge in [-0.15, -0.1) is 0 Å². The van der Waals surface area contributed by atoms with Crippen molar-refractivity contribution in [3.63, 3.8) is 0 Å². The zero-order valence-corrected chi connectivity index (χ0v) is 14.6. The molecule has 0 spiro atoms. The SMILES string of the molecule is Cc1cc(NCc2ccccc2F)nc(Nc2cccc(Br)c2)n1. The molecule has 0 aliphatic carbocycles. The first kappa shape index (κ1) is 16.4. The van der Waals surface area contributed by atoms with Gasteiger partial charge in [-0.3, -0.25) is 0 Å². The van der Waals surface area contributed by atoms with Crippen LogP contribution >= 0.6 is 15.9 Å². The van der Waals surface area contributed by atoms with E-state index in [1.165, 1.54) is 6.07 Å². The van der Waals surface area contributed by atoms with Gasteiger partial charge in [-0.25, -0.2) is 9.37 Å². The molecule has 0 unspecified atom stereocenters. The molecule has 6 heteroatoms. The Kier molecular flexibility index (Phi) is 5.05. The van der Waals surface area contributed by atoms with Crippen LogP contribution in [0.4, 0.5) is 21.8 Å². The van der Waals surface area contributed by atoms with Crippen molar-refractivity contribution < 1.29 is 4.39 Å². The summed E-state index contributed by atoms with van der Waals surface area (Å²) in [6.07, 6.45) is 0. The van der Waals surface area contributed by atoms with E-state index in [1.807, 2.05) is 43.3 Å². The Labute approximate surface area is 148 Å². The lowest BCUT2D eigenvalue weighted by molar-refractivity contribution is 0.613. The van der Waals surface area contributed by atoms with Crippen LogP contribution < -0.4 is 10.6 Å². The van der Waals surface area contributed by atoms with E-state index < -0.39 is 0 Å². The van der Waals surface area contributed by atoms with Crippen LogP contribution in [-0.4, -0.2) is 9.97 Å². The Bertz CT molecular complexity index is 854. The molecule has 3 rings (SSSR count). The second kappa shape index (κ2) is 7.40. The van der Waals surface area contributed by atoms with Gasteiger partial charge >= 0.3 is 0 Å². The topological polar surface area (TPSA) is 49.8 Å². The smallest absolute Gasteiger partial charge is 0.229 e. The lowest BCUT2D eigenvalue weighted by atomic mass is 10.2. The van der Waals surface area contributed by atoms with E-state index in [-0.39, 0.29) is 5.82 Å². The second-order valence-electron chi connectivity index (χ2n) is 5.30. The Hall–Kier alpha value is -2.47. The molecule has 2 N–H and O–H groups in total. The number of aromatic nitrogens is 2. The molecule has 0 aliphatic rings. The molecule has 4 nitrogen and oxygen atoms in total. The molecule has 1 aromatic heterocycles. The van der Waals surface area contributed by atoms with Crippen LogP contribution in [0, 0.1) is 12.7 Å². The first-order chi connectivity index (χ1) is 11.6. The number of hydrogen-bond donors (Lipinski definition) is 2. The summed E-state index contributed by atoms with van der Waals surface area (Å²) in [7, 11) is 0. The Morgan fingerprint density at radius 1 is 1.04 bits per heavy atom. The fourth-order valence-electron chi connectivity index (χ4n) is 2.24. The first-order valence-corrected chi connectivity index (χ1v) is 8.25. The number of nitrogens with zero attached hydrogens (tertiary/aromatic N) is 2. The highest BCUT2D eigenvalue weighted by molar-refractivity contribution is 9.10. The highest BCUT2D eigenvalue weighted by Crippen LogP contribution is 2.20. The highest BCUT2D eigenvalue weighted by Gasteiger charge is 2.05. The number of nitrogens with one attached hydrogen (secondary N) is 2. The van der Waals surface area contributed by atoms with E-state index in [0.29, 0.717) is 23.9 Å². The lowest BCUT2D eigenvalue weighted by Gasteiger charge is -2.10. The van der Waals surface area contributed by atoms with Crippen molar-refractivity contribution in [2.24, 2.45) is 0 Å². The minimum Gasteiger partial charge on any atom is -0.366 e. The minimum absolute atomic E-state index is 0.233. The van der Waals surface area contributed by atoms with Gasteiger partial charge in [0, 0.05) is 34.0 Å². The predicted molar refractivity (Wildman–Crippen MR) is 97.9 cm³/mol. The molecule has 0 bridgehead atoms. The van der Waals surface area contributed by atoms with Crippen LogP contribution in [0.1, 0.15) is 11.3 Å². The zero-order chi connectivity index (χ0) is 16.9. The van der Waals surface area contributed by atoms with E-state index >= 15 is 0 Å². The van der Waals surface area contributed by atoms with Gasteiger partial charge in [0.25, 0.3) is 0 Å². The first-order valence-electron chi connectivity index (χ1n) is 7.46. The molecular formula is C18H16BrFN4. The third kappa shape index (κ3) is 4.29. The Morgan fingerprint density at radius 3 is 2.67 bits per heavy atom. The Balaban J connectivity index is 1.75. The predicted octanol–water partition coefficient (Wildman–Crippen LogP) is 5.04. The average molecular weight is 387 g/mol. The van der Waals surface area contributed by atoms with Crippen LogP contribution in [0.2, 0.25) is 0 Å². The fraction of sp³-hybridized carbons (Fsp3) is 0.111. The maximum absolute atomic E-state index is 13.7. The van der Waals surface area contributed by atoms with Gasteiger partial charge < -0.3 is 10.6 Å². The van der Waals surface area contributed by atoms with Crippen LogP contribution in [0.25, 0.3) is 0 Å². The van der Waals surface area contributed by atoms with Crippen molar-refractivity contribution in [3.05, 3.63) is 76.1 Å². The quantitative estimate of drug-likeness (QED) is 0.644. The molecule has 3 aromatic rings. The third-order valence-electron chi connectivity index (χ3n) is 3.35. The van der Waals surface area contributed by atoms with Gasteiger partial charge in [0.2, 0.25) is 5.95 Å². The molecular weight excluding hydrogens is 371 g/mol. The summed E-state index contributed by atoms with van der Waals surface area (Å²) in [6, 6.07) is 16.3. The van der Waals surface area contributed by atoms with Gasteiger partial charge in [-0.2, -0.15) is 4.98 Å². The third-order valence-corrected chi connectivity index (χ3v) is 3.85. The van der Waals surface area contributed by atoms with E-state index in [2.05, 4.69) is 36.5 Å². The number of halogens is 2. The normalized spacial score (nSPS) is 10.5. The molecule has 0 saturated carbocycles. The monoisotopic (exact) mass is 386 g/mol. The summed E-state index contributed by atoms with van der Waals surface area (Å²) in [6.45, 7) is 2.25. The summed E-state index contributed by atoms with van der Waals surface area (Å²) in [5.74, 6) is 0.899. The van der Waals surface area contributed by atoms with E-state index in [9.17, 15) is 4.39 Å². The van der Waals surface area contributed by atoms with Gasteiger partial charge in [0.15, 0.2) is 0 Å². The van der Waals surface area contributed by atoms with Gasteiger partial charge in [0.1, 0.15) is 11.6 Å². The number of benzene rings is 2. The van der Waals surface area contributed by atoms with Gasteiger partial charge in [-0.05, 0) is 31.2 Å². The lowest BCUT2D eigenvalue weighted by Crippen LogP contribution is -2.06. The second-order valence-corrected chi connectivity index (χ2v) is 6.21. The van der Waals surface area contributed by atoms with Crippen LogP contribution in [0.15, 0.2) is 59.1 Å². The molecule has 2 aromatic carbocycles. The van der Waals surface area contributed by atoms with Crippen molar-refractivity contribution in [1.82, 2.24) is 9.97 Å². The maximum Gasteiger partial charge on any atom is 0.229 e. The summed E-state index contributed by atoms with van der Waals surface area (Å²) >= 11 is 3.43. The van der Waals surface area contributed by atoms with E-state index in [4.69, 9.17) is 0 Å². The fourth-order valence-corrected chi connectivity index (χ4v) is 2.64. The molecule has 0 amide bonds. The average Bonchev–Trinajstić information content (AvgIpc) is 2.53. The highest BCUT2D eigenvalue weighted by atomic mass is 79.9. The van der Waals surface area contributed by atoms with Gasteiger partial charge in [0.05, 0.1) is 0 Å². The minimum atomic E-state index is -0.233. The molecule has 0 radical (unpaired) electrons. The van der Waals surface area contributed by atoms with Crippen molar-refractivity contribution in [2.75, 3.05) is 10.6 Å².